The molecule has 3 fully saturated rings. The summed E-state index contributed by atoms with van der Waals surface area (Å²) in [7, 11) is 3.39. The third-order valence-corrected chi connectivity index (χ3v) is 4.27. The molecular formula is C14H26O5. The van der Waals surface area contributed by atoms with E-state index in [4.69, 9.17) is 18.9 Å². The molecule has 0 radical (unpaired) electrons. The van der Waals surface area contributed by atoms with Gasteiger partial charge in [0.25, 0.3) is 0 Å². The average Bonchev–Trinajstić information content (AvgIpc) is 2.51. The van der Waals surface area contributed by atoms with Crippen LogP contribution in [0.15, 0.2) is 0 Å². The summed E-state index contributed by atoms with van der Waals surface area (Å²) in [5.74, 6) is 0.189. The summed E-state index contributed by atoms with van der Waals surface area (Å²) in [6.07, 6.45) is 3.82. The van der Waals surface area contributed by atoms with Gasteiger partial charge >= 0.3 is 0 Å². The summed E-state index contributed by atoms with van der Waals surface area (Å²) in [5, 5.41) is 9.57. The summed E-state index contributed by atoms with van der Waals surface area (Å²) in [6, 6.07) is 0. The molecule has 1 N–H and O–H groups in total. The molecule has 5 atom stereocenters. The van der Waals surface area contributed by atoms with E-state index in [-0.39, 0.29) is 36.9 Å². The van der Waals surface area contributed by atoms with Crippen molar-refractivity contribution in [2.24, 2.45) is 5.92 Å². The highest BCUT2D eigenvalue weighted by Crippen LogP contribution is 2.33. The Hall–Kier alpha value is -0.200. The van der Waals surface area contributed by atoms with Crippen molar-refractivity contribution in [3.8, 4) is 0 Å². The molecule has 0 aromatic carbocycles. The summed E-state index contributed by atoms with van der Waals surface area (Å²) >= 11 is 0. The van der Waals surface area contributed by atoms with Crippen LogP contribution in [0.25, 0.3) is 0 Å². The lowest BCUT2D eigenvalue weighted by Gasteiger charge is -2.45. The Morgan fingerprint density at radius 2 is 1.89 bits per heavy atom. The fourth-order valence-electron chi connectivity index (χ4n) is 3.29. The lowest BCUT2D eigenvalue weighted by atomic mass is 9.83. The van der Waals surface area contributed by atoms with Crippen molar-refractivity contribution in [3.63, 3.8) is 0 Å². The Morgan fingerprint density at radius 3 is 2.58 bits per heavy atom. The van der Waals surface area contributed by atoms with Crippen molar-refractivity contribution >= 4 is 0 Å². The van der Waals surface area contributed by atoms with Crippen LogP contribution < -0.4 is 0 Å². The molecule has 3 aliphatic heterocycles. The number of aliphatic hydroxyl groups is 1. The van der Waals surface area contributed by atoms with E-state index in [0.717, 1.165) is 32.3 Å². The molecule has 5 heteroatoms. The highest BCUT2D eigenvalue weighted by molar-refractivity contribution is 4.93. The van der Waals surface area contributed by atoms with E-state index < -0.39 is 0 Å². The van der Waals surface area contributed by atoms with E-state index in [9.17, 15) is 5.11 Å². The van der Waals surface area contributed by atoms with Crippen LogP contribution in [-0.2, 0) is 18.9 Å². The summed E-state index contributed by atoms with van der Waals surface area (Å²) < 4.78 is 22.9. The van der Waals surface area contributed by atoms with E-state index in [0.29, 0.717) is 6.61 Å². The first kappa shape index (κ1) is 15.2. The standard InChI is InChI=1S/C14H26O5/c1-16-13-10-6-4-3-5-7-18-9-12(14(13)17-2)19-11(10)8-15/h10-15H,3-9H2,1-2H3. The van der Waals surface area contributed by atoms with Crippen LogP contribution in [-0.4, -0.2) is 63.6 Å². The molecule has 3 rings (SSSR count). The predicted molar refractivity (Wildman–Crippen MR) is 70.1 cm³/mol. The number of ether oxygens (including phenoxy) is 4. The molecule has 3 aliphatic rings. The zero-order valence-corrected chi connectivity index (χ0v) is 11.9. The number of rotatable bonds is 3. The first-order chi connectivity index (χ1) is 9.31. The average molecular weight is 274 g/mol. The molecule has 0 aliphatic carbocycles. The van der Waals surface area contributed by atoms with Crippen LogP contribution in [0, 0.1) is 5.92 Å². The normalized spacial score (nSPS) is 40.9. The van der Waals surface area contributed by atoms with Gasteiger partial charge in [-0.2, -0.15) is 0 Å². The topological polar surface area (TPSA) is 57.2 Å². The van der Waals surface area contributed by atoms with Crippen molar-refractivity contribution in [2.75, 3.05) is 34.0 Å². The van der Waals surface area contributed by atoms with Gasteiger partial charge in [0.2, 0.25) is 0 Å². The van der Waals surface area contributed by atoms with Gasteiger partial charge in [-0.15, -0.1) is 0 Å². The molecular weight excluding hydrogens is 248 g/mol. The molecule has 3 saturated heterocycles. The van der Waals surface area contributed by atoms with Gasteiger partial charge in [0, 0.05) is 26.7 Å². The van der Waals surface area contributed by atoms with Gasteiger partial charge in [0.15, 0.2) is 0 Å². The van der Waals surface area contributed by atoms with Crippen molar-refractivity contribution in [1.29, 1.82) is 0 Å². The number of hydrogen-bond donors (Lipinski definition) is 1. The van der Waals surface area contributed by atoms with Crippen LogP contribution >= 0.6 is 0 Å². The van der Waals surface area contributed by atoms with Gasteiger partial charge in [-0.05, 0) is 12.8 Å². The van der Waals surface area contributed by atoms with Gasteiger partial charge in [0.1, 0.15) is 12.2 Å². The molecule has 0 saturated carbocycles. The molecule has 19 heavy (non-hydrogen) atoms. The van der Waals surface area contributed by atoms with Crippen LogP contribution in [0.2, 0.25) is 0 Å². The Morgan fingerprint density at radius 1 is 1.11 bits per heavy atom. The fraction of sp³-hybridized carbons (Fsp3) is 1.00. The van der Waals surface area contributed by atoms with Crippen LogP contribution in [0.4, 0.5) is 0 Å². The molecule has 2 bridgehead atoms. The maximum atomic E-state index is 9.57. The molecule has 112 valence electrons. The van der Waals surface area contributed by atoms with E-state index in [2.05, 4.69) is 0 Å². The second-order valence-electron chi connectivity index (χ2n) is 5.38. The first-order valence-electron chi connectivity index (χ1n) is 7.21. The number of aliphatic hydroxyl groups excluding tert-OH is 1. The lowest BCUT2D eigenvalue weighted by molar-refractivity contribution is -0.234. The van der Waals surface area contributed by atoms with Crippen molar-refractivity contribution in [3.05, 3.63) is 0 Å². The number of fused-ring (bicyclic) bond motifs is 8. The highest BCUT2D eigenvalue weighted by Gasteiger charge is 2.45. The molecule has 0 aromatic rings. The van der Waals surface area contributed by atoms with Gasteiger partial charge < -0.3 is 24.1 Å². The quantitative estimate of drug-likeness (QED) is 0.831. The van der Waals surface area contributed by atoms with Crippen LogP contribution in [0.1, 0.15) is 25.7 Å². The van der Waals surface area contributed by atoms with Gasteiger partial charge in [-0.25, -0.2) is 0 Å². The third-order valence-electron chi connectivity index (χ3n) is 4.27. The van der Waals surface area contributed by atoms with Crippen LogP contribution in [0.5, 0.6) is 0 Å². The van der Waals surface area contributed by atoms with Gasteiger partial charge in [-0.1, -0.05) is 12.8 Å². The lowest BCUT2D eigenvalue weighted by Crippen LogP contribution is -2.58. The fourth-order valence-corrected chi connectivity index (χ4v) is 3.29. The molecule has 0 amide bonds. The second kappa shape index (κ2) is 7.55. The monoisotopic (exact) mass is 274 g/mol. The molecule has 5 unspecified atom stereocenters. The maximum absolute atomic E-state index is 9.57. The Kier molecular flexibility index (Phi) is 6.04. The van der Waals surface area contributed by atoms with E-state index in [1.807, 2.05) is 0 Å². The smallest absolute Gasteiger partial charge is 0.112 e. The van der Waals surface area contributed by atoms with Gasteiger partial charge in [0.05, 0.1) is 25.4 Å². The minimum absolute atomic E-state index is 0.0253. The zero-order valence-electron chi connectivity index (χ0n) is 11.9. The Balaban J connectivity index is 2.19. The summed E-state index contributed by atoms with van der Waals surface area (Å²) in [5.41, 5.74) is 0. The Bertz CT molecular complexity index is 260. The van der Waals surface area contributed by atoms with E-state index in [1.54, 1.807) is 14.2 Å². The molecule has 5 nitrogen and oxygen atoms in total. The van der Waals surface area contributed by atoms with E-state index in [1.165, 1.54) is 0 Å². The zero-order chi connectivity index (χ0) is 13.7. The summed E-state index contributed by atoms with van der Waals surface area (Å²) in [4.78, 5) is 0. The first-order valence-corrected chi connectivity index (χ1v) is 7.21. The third kappa shape index (κ3) is 3.47. The largest absolute Gasteiger partial charge is 0.394 e. The Labute approximate surface area is 115 Å². The molecule has 0 spiro atoms. The predicted octanol–water partition coefficient (Wildman–Crippen LogP) is 0.983. The van der Waals surface area contributed by atoms with E-state index >= 15 is 0 Å². The summed E-state index contributed by atoms with van der Waals surface area (Å²) in [6.45, 7) is 1.29. The second-order valence-corrected chi connectivity index (χ2v) is 5.38. The SMILES string of the molecule is COC1C2COCCCCCC(C(CO)O2)C1OC. The highest BCUT2D eigenvalue weighted by atomic mass is 16.6. The van der Waals surface area contributed by atoms with Crippen LogP contribution in [0.3, 0.4) is 0 Å². The van der Waals surface area contributed by atoms with Crippen molar-refractivity contribution < 1.29 is 24.1 Å². The number of methoxy groups -OCH3 is 2. The minimum Gasteiger partial charge on any atom is -0.394 e. The molecule has 3 heterocycles. The van der Waals surface area contributed by atoms with Crippen molar-refractivity contribution in [1.82, 2.24) is 0 Å². The van der Waals surface area contributed by atoms with Crippen molar-refractivity contribution in [2.45, 2.75) is 50.1 Å². The molecule has 0 aromatic heterocycles. The van der Waals surface area contributed by atoms with Gasteiger partial charge in [-0.3, -0.25) is 0 Å². The maximum Gasteiger partial charge on any atom is 0.112 e. The number of hydrogen-bond acceptors (Lipinski definition) is 5. The minimum atomic E-state index is -0.178.